The maximum atomic E-state index is 15.0. The van der Waals surface area contributed by atoms with E-state index in [0.29, 0.717) is 43.3 Å². The van der Waals surface area contributed by atoms with Gasteiger partial charge in [0.15, 0.2) is 11.5 Å². The van der Waals surface area contributed by atoms with Crippen molar-refractivity contribution in [3.63, 3.8) is 0 Å². The van der Waals surface area contributed by atoms with Gasteiger partial charge in [-0.25, -0.2) is 9.59 Å². The van der Waals surface area contributed by atoms with Gasteiger partial charge in [-0.05, 0) is 73.2 Å². The van der Waals surface area contributed by atoms with Gasteiger partial charge in [-0.1, -0.05) is 298 Å². The van der Waals surface area contributed by atoms with Crippen LogP contribution in [-0.4, -0.2) is 47.1 Å². The van der Waals surface area contributed by atoms with E-state index in [1.165, 1.54) is 163 Å². The number of ether oxygens (including phenoxy) is 4. The molecule has 0 aliphatic rings. The van der Waals surface area contributed by atoms with E-state index in [0.717, 1.165) is 142 Å². The lowest BCUT2D eigenvalue weighted by Crippen LogP contribution is -2.11. The number of unbranched alkanes of at least 4 members (excludes halogenated alkanes) is 28. The minimum absolute atomic E-state index is 0. The topological polar surface area (TPSA) is 96.8 Å². The zero-order chi connectivity index (χ0) is 63.2. The van der Waals surface area contributed by atoms with Gasteiger partial charge < -0.3 is 18.9 Å². The highest BCUT2D eigenvalue weighted by Gasteiger charge is 2.32. The van der Waals surface area contributed by atoms with Crippen LogP contribution in [0, 0.1) is 0 Å². The van der Waals surface area contributed by atoms with Crippen molar-refractivity contribution in [2.75, 3.05) is 26.4 Å². The van der Waals surface area contributed by atoms with Gasteiger partial charge in [-0.15, -0.1) is 45.3 Å². The summed E-state index contributed by atoms with van der Waals surface area (Å²) in [4.78, 5) is 36.2. The molecule has 0 N–H and O–H groups in total. The van der Waals surface area contributed by atoms with Crippen LogP contribution in [-0.2, 0) is 9.47 Å². The highest BCUT2D eigenvalue weighted by Crippen LogP contribution is 2.55. The Kier molecular flexibility index (Phi) is 37.6. The van der Waals surface area contributed by atoms with Crippen molar-refractivity contribution in [3.05, 3.63) is 108 Å². The normalized spacial score (nSPS) is 11.2. The van der Waals surface area contributed by atoms with Gasteiger partial charge in [-0.2, -0.15) is 8.75 Å². The number of thiophene rings is 4. The SMILES string of the molecule is C.C.C.C.CCCCCCCCCCCCOC(=O)c1c2cc(-c3ccc(-c4c(OCCCCCCCC)c(OCCCCCCCC)c(-c5ccc(-c6ccccc6)s5)c5nsnc45)s3)sc2c(C(=O)OCCCCCCCCCCCC)c2cc(-c3ccccc3)sc12. The molecule has 13 heteroatoms. The summed E-state index contributed by atoms with van der Waals surface area (Å²) in [5.74, 6) is 0.734. The maximum Gasteiger partial charge on any atom is 0.340 e. The maximum absolute atomic E-state index is 15.0. The molecule has 4 aromatic carbocycles. The standard InChI is InChI=1S/C78H100N2O6S5.4CH4/c1-5-9-13-17-21-23-25-27-31-41-53-85-77(81)67-59-55-65(58-45-37-34-38-46-58)89-75(59)68(78(82)86-54-42-32-28-26-24-22-18-14-10-6-2)60-56-66(90-76(60)67)62-48-50-64(88-62)70-72-71(79-91-80-72)69(63-49-47-61(87-63)57-43-35-33-36-44-57)73(83-51-39-29-19-15-11-7-3)74(70)84-52-40-30-20-16-12-8-4;;;;/h33-38,43-50,55-56H,5-32,39-42,51-54H2,1-4H3;4*1H4. The smallest absolute Gasteiger partial charge is 0.340 e. The number of hydrogen-bond donors (Lipinski definition) is 0. The van der Waals surface area contributed by atoms with Gasteiger partial charge in [-0.3, -0.25) is 0 Å². The fourth-order valence-electron chi connectivity index (χ4n) is 12.3. The molecule has 0 bridgehead atoms. The molecule has 0 amide bonds. The van der Waals surface area contributed by atoms with Gasteiger partial charge in [0.1, 0.15) is 11.0 Å². The Morgan fingerprint density at radius 3 is 1.05 bits per heavy atom. The van der Waals surface area contributed by atoms with Crippen LogP contribution < -0.4 is 9.47 Å². The predicted octanol–water partition coefficient (Wildman–Crippen LogP) is 28.8. The molecule has 0 atom stereocenters. The average molecular weight is 1390 g/mol. The molecule has 0 saturated heterocycles. The fraction of sp³-hybridized carbons (Fsp3) is 0.537. The molecule has 0 radical (unpaired) electrons. The zero-order valence-corrected chi connectivity index (χ0v) is 59.2. The van der Waals surface area contributed by atoms with Crippen LogP contribution in [0.5, 0.6) is 11.5 Å². The van der Waals surface area contributed by atoms with E-state index in [2.05, 4.69) is 107 Å². The van der Waals surface area contributed by atoms with Crippen LogP contribution >= 0.6 is 57.1 Å². The van der Waals surface area contributed by atoms with Crippen LogP contribution in [0.2, 0.25) is 0 Å². The number of hydrogen-bond acceptors (Lipinski definition) is 13. The zero-order valence-electron chi connectivity index (χ0n) is 55.1. The molecule has 9 aromatic rings. The minimum atomic E-state index is -0.352. The third kappa shape index (κ3) is 22.8. The molecule has 0 fully saturated rings. The lowest BCUT2D eigenvalue weighted by Gasteiger charge is -2.20. The van der Waals surface area contributed by atoms with Crippen molar-refractivity contribution in [2.45, 2.75) is 263 Å². The first kappa shape index (κ1) is 80.2. The summed E-state index contributed by atoms with van der Waals surface area (Å²) in [7, 11) is 0. The first-order chi connectivity index (χ1) is 44.9. The van der Waals surface area contributed by atoms with Crippen LogP contribution in [0.4, 0.5) is 0 Å². The van der Waals surface area contributed by atoms with Gasteiger partial charge in [0, 0.05) is 40.0 Å². The van der Waals surface area contributed by atoms with E-state index in [9.17, 15) is 0 Å². The van der Waals surface area contributed by atoms with Crippen molar-refractivity contribution in [3.8, 4) is 63.0 Å². The lowest BCUT2D eigenvalue weighted by molar-refractivity contribution is 0.0490. The fourth-order valence-corrected chi connectivity index (χ4v) is 17.5. The van der Waals surface area contributed by atoms with Crippen molar-refractivity contribution < 1.29 is 28.5 Å². The highest BCUT2D eigenvalue weighted by atomic mass is 32.1. The lowest BCUT2D eigenvalue weighted by atomic mass is 10.0. The molecule has 5 heterocycles. The second-order valence-electron chi connectivity index (χ2n) is 24.8. The monoisotopic (exact) mass is 1380 g/mol. The molecule has 520 valence electrons. The summed E-state index contributed by atoms with van der Waals surface area (Å²) in [6.45, 7) is 10.8. The number of carbonyl (C=O) groups is 2. The van der Waals surface area contributed by atoms with E-state index < -0.39 is 0 Å². The van der Waals surface area contributed by atoms with Crippen LogP contribution in [0.25, 0.3) is 82.7 Å². The third-order valence-electron chi connectivity index (χ3n) is 17.5. The minimum Gasteiger partial charge on any atom is -0.489 e. The van der Waals surface area contributed by atoms with Crippen LogP contribution in [0.1, 0.15) is 284 Å². The number of fused-ring (bicyclic) bond motifs is 3. The first-order valence-corrected chi connectivity index (χ1v) is 39.2. The van der Waals surface area contributed by atoms with E-state index in [-0.39, 0.29) is 41.6 Å². The van der Waals surface area contributed by atoms with Crippen molar-refractivity contribution in [2.24, 2.45) is 0 Å². The average Bonchev–Trinajstić information content (AvgIpc) is 1.61. The summed E-state index contributed by atoms with van der Waals surface area (Å²) in [5, 5.41) is 1.45. The predicted molar refractivity (Wildman–Crippen MR) is 420 cm³/mol. The van der Waals surface area contributed by atoms with E-state index >= 15 is 9.59 Å². The van der Waals surface area contributed by atoms with Gasteiger partial charge in [0.25, 0.3) is 0 Å². The molecule has 5 aromatic heterocycles. The Morgan fingerprint density at radius 1 is 0.337 bits per heavy atom. The number of rotatable bonds is 45. The summed E-state index contributed by atoms with van der Waals surface area (Å²) in [6.07, 6.45) is 37.7. The molecule has 0 aliphatic carbocycles. The van der Waals surface area contributed by atoms with E-state index in [1.807, 2.05) is 18.2 Å². The number of carbonyl (C=O) groups excluding carboxylic acids is 2. The van der Waals surface area contributed by atoms with Gasteiger partial charge in [0.05, 0.1) is 69.8 Å². The largest absolute Gasteiger partial charge is 0.489 e. The van der Waals surface area contributed by atoms with Gasteiger partial charge in [0.2, 0.25) is 0 Å². The van der Waals surface area contributed by atoms with Crippen molar-refractivity contribution in [1.29, 1.82) is 0 Å². The summed E-state index contributed by atoms with van der Waals surface area (Å²) in [6, 6.07) is 33.8. The number of aromatic nitrogens is 2. The second kappa shape index (κ2) is 44.5. The van der Waals surface area contributed by atoms with Crippen LogP contribution in [0.15, 0.2) is 97.1 Å². The number of nitrogens with zero attached hydrogens (tertiary/aromatic N) is 2. The molecule has 95 heavy (non-hydrogen) atoms. The Labute approximate surface area is 593 Å². The van der Waals surface area contributed by atoms with E-state index in [1.54, 1.807) is 45.3 Å². The van der Waals surface area contributed by atoms with Crippen molar-refractivity contribution in [1.82, 2.24) is 8.75 Å². The second-order valence-corrected chi connectivity index (χ2v) is 29.6. The highest BCUT2D eigenvalue weighted by molar-refractivity contribution is 7.28. The number of benzene rings is 4. The molecule has 0 spiro atoms. The third-order valence-corrected chi connectivity index (χ3v) is 22.8. The molecule has 0 unspecified atom stereocenters. The molecule has 8 nitrogen and oxygen atoms in total. The van der Waals surface area contributed by atoms with Crippen LogP contribution in [0.3, 0.4) is 0 Å². The molecular weight excluding hydrogens is 1270 g/mol. The van der Waals surface area contributed by atoms with Crippen molar-refractivity contribution >= 4 is 100 Å². The molecule has 0 saturated carbocycles. The Balaban J connectivity index is 0.00000408. The quantitative estimate of drug-likeness (QED) is 0.0275. The summed E-state index contributed by atoms with van der Waals surface area (Å²) in [5.41, 5.74) is 6.64. The Morgan fingerprint density at radius 2 is 0.653 bits per heavy atom. The van der Waals surface area contributed by atoms with E-state index in [4.69, 9.17) is 27.7 Å². The first-order valence-electron chi connectivity index (χ1n) is 35.2. The summed E-state index contributed by atoms with van der Waals surface area (Å²) < 4.78 is 38.7. The molecule has 9 rings (SSSR count). The molecule has 0 aliphatic heterocycles. The van der Waals surface area contributed by atoms with Gasteiger partial charge >= 0.3 is 11.9 Å². The summed E-state index contributed by atoms with van der Waals surface area (Å²) >= 11 is 7.75. The molecular formula is C82H116N2O6S5. The number of esters is 2. The Bertz CT molecular complexity index is 3500. The Hall–Kier alpha value is -5.44.